The predicted octanol–water partition coefficient (Wildman–Crippen LogP) is 4.29. The number of anilines is 4. The molecule has 0 spiro atoms. The second-order valence-corrected chi connectivity index (χ2v) is 10.0. The van der Waals surface area contributed by atoms with E-state index in [1.165, 1.54) is 13.2 Å². The Labute approximate surface area is 237 Å². The smallest absolute Gasteiger partial charge is 0.168 e. The van der Waals surface area contributed by atoms with Gasteiger partial charge in [-0.15, -0.1) is 0 Å². The lowest BCUT2D eigenvalue weighted by Crippen LogP contribution is -2.38. The van der Waals surface area contributed by atoms with Gasteiger partial charge in [0.05, 0.1) is 32.0 Å². The molecule has 0 aliphatic carbocycles. The van der Waals surface area contributed by atoms with Gasteiger partial charge in [0.1, 0.15) is 29.0 Å². The summed E-state index contributed by atoms with van der Waals surface area (Å²) in [5.74, 6) is 2.03. The first-order chi connectivity index (χ1) is 20.1. The number of β-amino-alcohol motifs (C(OH)–C–C–N with tert-alkyl or cyclic N) is 1. The number of aliphatic hydroxyl groups is 1. The molecule has 11 heteroatoms. The van der Waals surface area contributed by atoms with Crippen molar-refractivity contribution >= 4 is 23.1 Å². The summed E-state index contributed by atoms with van der Waals surface area (Å²) in [6.45, 7) is 4.38. The van der Waals surface area contributed by atoms with Gasteiger partial charge in [-0.25, -0.2) is 24.3 Å². The number of rotatable bonds is 7. The SMILES string of the molecule is COc1cccc(F)c1-c1nccc(Nc2cc(N3CCC[C@H](O)C3)c(-c3ccc(N4CCOCC4)nc3)cn2)n1. The minimum Gasteiger partial charge on any atom is -0.496 e. The number of aromatic nitrogens is 4. The lowest BCUT2D eigenvalue weighted by Gasteiger charge is -2.33. The van der Waals surface area contributed by atoms with E-state index in [-0.39, 0.29) is 11.4 Å². The number of nitrogens with zero attached hydrogens (tertiary/aromatic N) is 6. The first-order valence-electron chi connectivity index (χ1n) is 13.7. The van der Waals surface area contributed by atoms with E-state index in [4.69, 9.17) is 14.5 Å². The van der Waals surface area contributed by atoms with Crippen LogP contribution in [0.15, 0.2) is 61.1 Å². The lowest BCUT2D eigenvalue weighted by molar-refractivity contribution is 0.122. The minimum absolute atomic E-state index is 0.193. The highest BCUT2D eigenvalue weighted by Crippen LogP contribution is 2.35. The van der Waals surface area contributed by atoms with Crippen LogP contribution in [0.25, 0.3) is 22.5 Å². The van der Waals surface area contributed by atoms with Crippen LogP contribution in [0.5, 0.6) is 5.75 Å². The lowest BCUT2D eigenvalue weighted by atomic mass is 10.0. The van der Waals surface area contributed by atoms with E-state index in [0.717, 1.165) is 55.1 Å². The number of nitrogens with one attached hydrogen (secondary N) is 1. The summed E-state index contributed by atoms with van der Waals surface area (Å²) in [5, 5.41) is 13.7. The van der Waals surface area contributed by atoms with Crippen LogP contribution < -0.4 is 19.9 Å². The van der Waals surface area contributed by atoms with Gasteiger partial charge in [-0.05, 0) is 43.2 Å². The van der Waals surface area contributed by atoms with Crippen LogP contribution in [0.2, 0.25) is 0 Å². The Hall–Kier alpha value is -4.35. The molecule has 2 aliphatic rings. The van der Waals surface area contributed by atoms with E-state index < -0.39 is 11.9 Å². The number of methoxy groups -OCH3 is 1. The zero-order valence-electron chi connectivity index (χ0n) is 22.8. The van der Waals surface area contributed by atoms with Crippen molar-refractivity contribution in [3.05, 3.63) is 66.9 Å². The molecule has 0 unspecified atom stereocenters. The Bertz CT molecular complexity index is 1500. The van der Waals surface area contributed by atoms with Crippen molar-refractivity contribution in [1.29, 1.82) is 0 Å². The summed E-state index contributed by atoms with van der Waals surface area (Å²) in [5.41, 5.74) is 2.99. The number of hydrogen-bond acceptors (Lipinski definition) is 10. The highest BCUT2D eigenvalue weighted by atomic mass is 19.1. The Balaban J connectivity index is 1.31. The predicted molar refractivity (Wildman–Crippen MR) is 155 cm³/mol. The topological polar surface area (TPSA) is 109 Å². The standard InChI is InChI=1S/C30H32FN7O3/c1-40-25-6-2-5-23(31)29(25)30-32-10-9-26(36-30)35-27-16-24(38-11-3-4-21(39)19-38)22(18-33-27)20-7-8-28(34-17-20)37-12-14-41-15-13-37/h2,5-10,16-18,21,39H,3-4,11-15,19H2,1H3,(H,32,33,35,36)/t21-/m0/s1. The number of piperidine rings is 1. The van der Waals surface area contributed by atoms with Crippen LogP contribution in [0.4, 0.5) is 27.5 Å². The summed E-state index contributed by atoms with van der Waals surface area (Å²) < 4.78 is 25.5. The third-order valence-electron chi connectivity index (χ3n) is 7.34. The van der Waals surface area contributed by atoms with Crippen LogP contribution in [0, 0.1) is 5.82 Å². The number of aliphatic hydroxyl groups excluding tert-OH is 1. The summed E-state index contributed by atoms with van der Waals surface area (Å²) in [6.07, 6.45) is 6.52. The highest BCUT2D eigenvalue weighted by Gasteiger charge is 2.22. The average molecular weight is 558 g/mol. The van der Waals surface area contributed by atoms with Crippen LogP contribution in [0.3, 0.4) is 0 Å². The Morgan fingerprint density at radius 1 is 1.00 bits per heavy atom. The number of benzene rings is 1. The van der Waals surface area contributed by atoms with E-state index in [2.05, 4.69) is 36.1 Å². The third kappa shape index (κ3) is 5.91. The third-order valence-corrected chi connectivity index (χ3v) is 7.34. The maximum absolute atomic E-state index is 14.7. The van der Waals surface area contributed by atoms with Crippen molar-refractivity contribution in [2.45, 2.75) is 18.9 Å². The molecule has 1 atom stereocenters. The molecule has 0 bridgehead atoms. The van der Waals surface area contributed by atoms with Crippen LogP contribution >= 0.6 is 0 Å². The number of hydrogen-bond donors (Lipinski definition) is 2. The monoisotopic (exact) mass is 557 g/mol. The van der Waals surface area contributed by atoms with E-state index in [1.807, 2.05) is 24.5 Å². The highest BCUT2D eigenvalue weighted by molar-refractivity contribution is 5.81. The zero-order valence-corrected chi connectivity index (χ0v) is 22.8. The second-order valence-electron chi connectivity index (χ2n) is 10.0. The summed E-state index contributed by atoms with van der Waals surface area (Å²) in [6, 6.07) is 12.3. The molecule has 0 saturated carbocycles. The average Bonchev–Trinajstić information content (AvgIpc) is 3.01. The summed E-state index contributed by atoms with van der Waals surface area (Å²) >= 11 is 0. The quantitative estimate of drug-likeness (QED) is 0.342. The fourth-order valence-electron chi connectivity index (χ4n) is 5.27. The fraction of sp³-hybridized carbons (Fsp3) is 0.333. The molecule has 10 nitrogen and oxygen atoms in total. The van der Waals surface area contributed by atoms with Crippen molar-refractivity contribution in [1.82, 2.24) is 19.9 Å². The van der Waals surface area contributed by atoms with Gasteiger partial charge in [0.25, 0.3) is 0 Å². The molecule has 1 aromatic carbocycles. The van der Waals surface area contributed by atoms with E-state index in [9.17, 15) is 9.50 Å². The van der Waals surface area contributed by atoms with Crippen LogP contribution in [-0.4, -0.2) is 77.6 Å². The van der Waals surface area contributed by atoms with Gasteiger partial charge in [0, 0.05) is 67.7 Å². The Kier molecular flexibility index (Phi) is 7.88. The number of ether oxygens (including phenoxy) is 2. The first kappa shape index (κ1) is 26.9. The van der Waals surface area contributed by atoms with E-state index in [1.54, 1.807) is 24.4 Å². The van der Waals surface area contributed by atoms with Gasteiger partial charge in [0.2, 0.25) is 0 Å². The number of pyridine rings is 2. The van der Waals surface area contributed by atoms with Gasteiger partial charge < -0.3 is 29.7 Å². The van der Waals surface area contributed by atoms with Crippen molar-refractivity contribution in [2.24, 2.45) is 0 Å². The maximum Gasteiger partial charge on any atom is 0.168 e. The molecule has 2 aliphatic heterocycles. The van der Waals surface area contributed by atoms with Crippen molar-refractivity contribution < 1.29 is 19.0 Å². The van der Waals surface area contributed by atoms with Gasteiger partial charge in [-0.2, -0.15) is 0 Å². The van der Waals surface area contributed by atoms with Gasteiger partial charge in [0.15, 0.2) is 5.82 Å². The molecule has 3 aromatic heterocycles. The minimum atomic E-state index is -0.469. The first-order valence-corrected chi connectivity index (χ1v) is 13.7. The molecule has 2 fully saturated rings. The number of halogens is 1. The van der Waals surface area contributed by atoms with Gasteiger partial charge in [-0.3, -0.25) is 0 Å². The molecule has 6 rings (SSSR count). The number of morpholine rings is 1. The van der Waals surface area contributed by atoms with Gasteiger partial charge >= 0.3 is 0 Å². The Morgan fingerprint density at radius 2 is 1.88 bits per heavy atom. The zero-order chi connectivity index (χ0) is 28.2. The molecule has 0 amide bonds. The molecule has 2 saturated heterocycles. The van der Waals surface area contributed by atoms with Crippen molar-refractivity contribution in [3.63, 3.8) is 0 Å². The largest absolute Gasteiger partial charge is 0.496 e. The molecular weight excluding hydrogens is 525 g/mol. The van der Waals surface area contributed by atoms with Crippen molar-refractivity contribution in [2.75, 3.05) is 61.6 Å². The molecule has 2 N–H and O–H groups in total. The van der Waals surface area contributed by atoms with Crippen molar-refractivity contribution in [3.8, 4) is 28.3 Å². The molecule has 41 heavy (non-hydrogen) atoms. The molecule has 5 heterocycles. The molecule has 4 aromatic rings. The normalized spacial score (nSPS) is 17.4. The summed E-state index contributed by atoms with van der Waals surface area (Å²) in [4.78, 5) is 22.6. The van der Waals surface area contributed by atoms with Crippen LogP contribution in [-0.2, 0) is 4.74 Å². The second kappa shape index (κ2) is 12.0. The molecule has 212 valence electrons. The Morgan fingerprint density at radius 3 is 2.66 bits per heavy atom. The van der Waals surface area contributed by atoms with Crippen LogP contribution in [0.1, 0.15) is 12.8 Å². The molecule has 0 radical (unpaired) electrons. The summed E-state index contributed by atoms with van der Waals surface area (Å²) in [7, 11) is 1.48. The maximum atomic E-state index is 14.7. The van der Waals surface area contributed by atoms with E-state index in [0.29, 0.717) is 37.1 Å². The molecular formula is C30H32FN7O3. The van der Waals surface area contributed by atoms with E-state index >= 15 is 0 Å². The fourth-order valence-corrected chi connectivity index (χ4v) is 5.27. The van der Waals surface area contributed by atoms with Gasteiger partial charge in [-0.1, -0.05) is 6.07 Å².